The first kappa shape index (κ1) is 6.13. The van der Waals surface area contributed by atoms with Gasteiger partial charge in [0.25, 0.3) is 0 Å². The highest BCUT2D eigenvalue weighted by Gasteiger charge is 2.14. The molecule has 2 rings (SSSR count). The van der Waals surface area contributed by atoms with Crippen LogP contribution in [0.2, 0.25) is 0 Å². The molecule has 0 aromatic rings. The van der Waals surface area contributed by atoms with E-state index in [1.807, 2.05) is 0 Å². The molecule has 2 nitrogen and oxygen atoms in total. The fourth-order valence-electron chi connectivity index (χ4n) is 1.29. The molecule has 0 saturated carbocycles. The molecule has 2 aliphatic rings. The molecule has 2 heteroatoms. The fourth-order valence-corrected chi connectivity index (χ4v) is 1.29. The molecule has 0 amide bonds. The van der Waals surface area contributed by atoms with Crippen molar-refractivity contribution in [2.24, 2.45) is 0 Å². The van der Waals surface area contributed by atoms with Gasteiger partial charge in [-0.2, -0.15) is 0 Å². The highest BCUT2D eigenvalue weighted by molar-refractivity contribution is 5.35. The predicted molar refractivity (Wildman–Crippen MR) is 37.3 cm³/mol. The van der Waals surface area contributed by atoms with Gasteiger partial charge in [-0.25, -0.2) is 9.78 Å². The number of hydrogen-bond acceptors (Lipinski definition) is 2. The molecular weight excluding hydrogens is 128 g/mol. The topological polar surface area (TPSA) is 18.5 Å². The van der Waals surface area contributed by atoms with Gasteiger partial charge in [-0.1, -0.05) is 12.2 Å². The summed E-state index contributed by atoms with van der Waals surface area (Å²) in [6, 6.07) is 0. The summed E-state index contributed by atoms with van der Waals surface area (Å²) in [4.78, 5) is 9.66. The third kappa shape index (κ3) is 1.00. The number of allylic oxidation sites excluding steroid dienone is 2. The highest BCUT2D eigenvalue weighted by atomic mass is 17.2. The van der Waals surface area contributed by atoms with E-state index in [1.54, 1.807) is 0 Å². The van der Waals surface area contributed by atoms with Crippen molar-refractivity contribution in [1.82, 2.24) is 0 Å². The summed E-state index contributed by atoms with van der Waals surface area (Å²) in [6.07, 6.45) is 6.78. The maximum absolute atomic E-state index is 4.83. The van der Waals surface area contributed by atoms with E-state index in [0.717, 1.165) is 12.8 Å². The Kier molecular flexibility index (Phi) is 1.57. The van der Waals surface area contributed by atoms with Crippen molar-refractivity contribution in [2.75, 3.05) is 13.2 Å². The molecule has 54 valence electrons. The summed E-state index contributed by atoms with van der Waals surface area (Å²) < 4.78 is 0. The lowest BCUT2D eigenvalue weighted by atomic mass is 9.99. The zero-order chi connectivity index (χ0) is 6.81. The third-order valence-electron chi connectivity index (χ3n) is 1.87. The molecule has 0 bridgehead atoms. The van der Waals surface area contributed by atoms with Gasteiger partial charge in [-0.3, -0.25) is 0 Å². The molecule has 1 saturated heterocycles. The molecule has 0 unspecified atom stereocenters. The molecule has 1 fully saturated rings. The Balaban J connectivity index is 2.19. The van der Waals surface area contributed by atoms with Gasteiger partial charge in [0.1, 0.15) is 13.2 Å². The first-order chi connectivity index (χ1) is 4.97. The van der Waals surface area contributed by atoms with Crippen molar-refractivity contribution in [3.63, 3.8) is 0 Å². The van der Waals surface area contributed by atoms with E-state index in [-0.39, 0.29) is 0 Å². The van der Waals surface area contributed by atoms with E-state index in [9.17, 15) is 0 Å². The lowest BCUT2D eigenvalue weighted by Crippen LogP contribution is -2.15. The molecule has 0 aromatic heterocycles. The largest absolute Gasteiger partial charge is 0.232 e. The first-order valence-electron chi connectivity index (χ1n) is 3.59. The van der Waals surface area contributed by atoms with Crippen LogP contribution in [-0.4, -0.2) is 13.2 Å². The van der Waals surface area contributed by atoms with Crippen LogP contribution in [-0.2, 0) is 9.78 Å². The minimum absolute atomic E-state index is 0.631. The van der Waals surface area contributed by atoms with Crippen LogP contribution in [0.3, 0.4) is 0 Å². The van der Waals surface area contributed by atoms with E-state index >= 15 is 0 Å². The molecular formula is C8H10O2. The Morgan fingerprint density at radius 3 is 1.90 bits per heavy atom. The van der Waals surface area contributed by atoms with Crippen LogP contribution in [0.25, 0.3) is 0 Å². The van der Waals surface area contributed by atoms with Gasteiger partial charge < -0.3 is 0 Å². The summed E-state index contributed by atoms with van der Waals surface area (Å²) in [6.45, 7) is 1.26. The average Bonchev–Trinajstić information content (AvgIpc) is 2.05. The van der Waals surface area contributed by atoms with E-state index in [2.05, 4.69) is 12.2 Å². The van der Waals surface area contributed by atoms with Gasteiger partial charge in [0, 0.05) is 0 Å². The quantitative estimate of drug-likeness (QED) is 0.473. The van der Waals surface area contributed by atoms with Crippen LogP contribution in [0, 0.1) is 0 Å². The molecule has 1 aliphatic heterocycles. The van der Waals surface area contributed by atoms with Crippen molar-refractivity contribution < 1.29 is 9.78 Å². The summed E-state index contributed by atoms with van der Waals surface area (Å²) >= 11 is 0. The van der Waals surface area contributed by atoms with Gasteiger partial charge >= 0.3 is 0 Å². The summed E-state index contributed by atoms with van der Waals surface area (Å²) in [7, 11) is 0. The molecule has 10 heavy (non-hydrogen) atoms. The minimum atomic E-state index is 0.631. The zero-order valence-corrected chi connectivity index (χ0v) is 5.80. The maximum Gasteiger partial charge on any atom is 0.107 e. The third-order valence-corrected chi connectivity index (χ3v) is 1.87. The Morgan fingerprint density at radius 2 is 1.40 bits per heavy atom. The number of fused-ring (bicyclic) bond motifs is 1. The van der Waals surface area contributed by atoms with Crippen LogP contribution in [0.1, 0.15) is 12.8 Å². The highest BCUT2D eigenvalue weighted by Crippen LogP contribution is 2.22. The number of hydrogen-bond donors (Lipinski definition) is 0. The Hall–Kier alpha value is -0.600. The molecule has 1 aliphatic carbocycles. The van der Waals surface area contributed by atoms with Gasteiger partial charge in [0.15, 0.2) is 0 Å². The second-order valence-corrected chi connectivity index (χ2v) is 2.56. The van der Waals surface area contributed by atoms with Crippen molar-refractivity contribution in [2.45, 2.75) is 12.8 Å². The van der Waals surface area contributed by atoms with Gasteiger partial charge in [-0.05, 0) is 24.0 Å². The molecule has 0 spiro atoms. The van der Waals surface area contributed by atoms with Gasteiger partial charge in [-0.15, -0.1) is 0 Å². The second kappa shape index (κ2) is 2.56. The second-order valence-electron chi connectivity index (χ2n) is 2.56. The van der Waals surface area contributed by atoms with E-state index in [4.69, 9.17) is 9.78 Å². The molecule has 0 radical (unpaired) electrons. The summed E-state index contributed by atoms with van der Waals surface area (Å²) in [5.74, 6) is 0. The minimum Gasteiger partial charge on any atom is -0.232 e. The number of rotatable bonds is 0. The zero-order valence-electron chi connectivity index (χ0n) is 5.80. The lowest BCUT2D eigenvalue weighted by Gasteiger charge is -2.20. The smallest absolute Gasteiger partial charge is 0.107 e. The molecule has 0 N–H and O–H groups in total. The monoisotopic (exact) mass is 138 g/mol. The van der Waals surface area contributed by atoms with Gasteiger partial charge in [0.05, 0.1) is 0 Å². The van der Waals surface area contributed by atoms with Crippen molar-refractivity contribution >= 4 is 0 Å². The van der Waals surface area contributed by atoms with E-state index < -0.39 is 0 Å². The van der Waals surface area contributed by atoms with Crippen molar-refractivity contribution in [1.29, 1.82) is 0 Å². The van der Waals surface area contributed by atoms with Crippen LogP contribution >= 0.6 is 0 Å². The first-order valence-corrected chi connectivity index (χ1v) is 3.59. The van der Waals surface area contributed by atoms with Crippen molar-refractivity contribution in [3.8, 4) is 0 Å². The van der Waals surface area contributed by atoms with Gasteiger partial charge in [0.2, 0.25) is 0 Å². The Morgan fingerprint density at radius 1 is 0.900 bits per heavy atom. The van der Waals surface area contributed by atoms with E-state index in [1.165, 1.54) is 11.1 Å². The predicted octanol–water partition coefficient (Wildman–Crippen LogP) is 1.59. The Bertz CT molecular complexity index is 169. The standard InChI is InChI=1S/C8H10O2/c1-2-4-8-6-10-9-5-7(8)3-1/h3-4H,1-2,5-6H2. The van der Waals surface area contributed by atoms with Crippen molar-refractivity contribution in [3.05, 3.63) is 23.3 Å². The SMILES string of the molecule is C1=C2COOCC2=CCC1. The lowest BCUT2D eigenvalue weighted by molar-refractivity contribution is -0.290. The van der Waals surface area contributed by atoms with Crippen LogP contribution < -0.4 is 0 Å². The van der Waals surface area contributed by atoms with Crippen LogP contribution in [0.15, 0.2) is 23.3 Å². The maximum atomic E-state index is 4.83. The normalized spacial score (nSPS) is 24.8. The summed E-state index contributed by atoms with van der Waals surface area (Å²) in [5.41, 5.74) is 2.63. The van der Waals surface area contributed by atoms with Crippen LogP contribution in [0.5, 0.6) is 0 Å². The Labute approximate surface area is 60.1 Å². The molecule has 0 atom stereocenters. The average molecular weight is 138 g/mol. The fraction of sp³-hybridized carbons (Fsp3) is 0.500. The molecule has 0 aromatic carbocycles. The van der Waals surface area contributed by atoms with Crippen LogP contribution in [0.4, 0.5) is 0 Å². The molecule has 1 heterocycles. The van der Waals surface area contributed by atoms with E-state index in [0.29, 0.717) is 13.2 Å². The summed E-state index contributed by atoms with van der Waals surface area (Å²) in [5, 5.41) is 0.